The smallest absolute Gasteiger partial charge is 0.335 e. The number of ether oxygens (including phenoxy) is 1. The third-order valence-corrected chi connectivity index (χ3v) is 6.45. The van der Waals surface area contributed by atoms with Gasteiger partial charge in [0.25, 0.3) is 0 Å². The summed E-state index contributed by atoms with van der Waals surface area (Å²) in [6, 6.07) is 17.1. The lowest BCUT2D eigenvalue weighted by Crippen LogP contribution is -2.43. The monoisotopic (exact) mass is 467 g/mol. The van der Waals surface area contributed by atoms with Crippen LogP contribution >= 0.6 is 0 Å². The normalized spacial score (nSPS) is 14.1. The first-order valence-electron chi connectivity index (χ1n) is 11.4. The van der Waals surface area contributed by atoms with Gasteiger partial charge in [-0.25, -0.2) is 9.78 Å². The second-order valence-corrected chi connectivity index (χ2v) is 8.58. The van der Waals surface area contributed by atoms with Crippen LogP contribution in [0.25, 0.3) is 33.4 Å². The average Bonchev–Trinajstić information content (AvgIpc) is 3.33. The van der Waals surface area contributed by atoms with Crippen molar-refractivity contribution < 1.29 is 14.6 Å². The molecule has 2 N–H and O–H groups in total. The average molecular weight is 468 g/mol. The number of nitriles is 1. The van der Waals surface area contributed by atoms with Crippen LogP contribution in [0.3, 0.4) is 0 Å². The van der Waals surface area contributed by atoms with E-state index in [1.54, 1.807) is 30.3 Å². The number of hydrogen-bond donors (Lipinski definition) is 2. The first kappa shape index (κ1) is 22.4. The lowest BCUT2D eigenvalue weighted by molar-refractivity contribution is 0.0697. The molecular weight excluding hydrogens is 442 g/mol. The van der Waals surface area contributed by atoms with E-state index in [-0.39, 0.29) is 5.56 Å². The summed E-state index contributed by atoms with van der Waals surface area (Å²) in [6.45, 7) is 4.02. The van der Waals surface area contributed by atoms with Gasteiger partial charge in [0.15, 0.2) is 6.19 Å². The second kappa shape index (κ2) is 9.49. The molecule has 1 aliphatic heterocycles. The Morgan fingerprint density at radius 1 is 1.09 bits per heavy atom. The topological polar surface area (TPSA) is 105 Å². The number of piperazine rings is 1. The lowest BCUT2D eigenvalue weighted by atomic mass is 10.0. The maximum absolute atomic E-state index is 11.2. The number of H-pyrrole nitrogens is 1. The molecule has 0 bridgehead atoms. The Hall–Kier alpha value is -4.35. The van der Waals surface area contributed by atoms with E-state index in [0.717, 1.165) is 71.9 Å². The van der Waals surface area contributed by atoms with Crippen molar-refractivity contribution in [2.45, 2.75) is 6.54 Å². The summed E-state index contributed by atoms with van der Waals surface area (Å²) in [7, 11) is 1.66. The van der Waals surface area contributed by atoms with E-state index in [1.165, 1.54) is 5.56 Å². The van der Waals surface area contributed by atoms with Crippen molar-refractivity contribution in [2.75, 3.05) is 33.3 Å². The molecule has 0 spiro atoms. The predicted octanol–water partition coefficient (Wildman–Crippen LogP) is 4.20. The summed E-state index contributed by atoms with van der Waals surface area (Å²) in [5.74, 6) is -0.179. The molecule has 1 aliphatic rings. The Balaban J connectivity index is 1.48. The molecule has 5 rings (SSSR count). The minimum absolute atomic E-state index is 0.254. The molecule has 35 heavy (non-hydrogen) atoms. The molecule has 2 aromatic heterocycles. The van der Waals surface area contributed by atoms with E-state index in [2.05, 4.69) is 39.3 Å². The molecule has 0 aliphatic carbocycles. The number of nitrogens with one attached hydrogen (secondary N) is 1. The Bertz CT molecular complexity index is 1410. The van der Waals surface area contributed by atoms with Gasteiger partial charge >= 0.3 is 5.97 Å². The summed E-state index contributed by atoms with van der Waals surface area (Å²) in [5, 5.41) is 19.2. The summed E-state index contributed by atoms with van der Waals surface area (Å²) >= 11 is 0. The van der Waals surface area contributed by atoms with Crippen molar-refractivity contribution in [3.05, 3.63) is 71.9 Å². The number of rotatable bonds is 6. The van der Waals surface area contributed by atoms with Crippen molar-refractivity contribution in [3.8, 4) is 34.3 Å². The summed E-state index contributed by atoms with van der Waals surface area (Å²) in [5.41, 5.74) is 5.91. The lowest BCUT2D eigenvalue weighted by Gasteiger charge is -2.31. The first-order chi connectivity index (χ1) is 17.1. The molecule has 3 heterocycles. The molecule has 4 aromatic rings. The predicted molar refractivity (Wildman–Crippen MR) is 133 cm³/mol. The zero-order chi connectivity index (χ0) is 24.4. The first-order valence-corrected chi connectivity index (χ1v) is 11.4. The minimum atomic E-state index is -0.945. The Morgan fingerprint density at radius 3 is 2.54 bits per heavy atom. The van der Waals surface area contributed by atoms with Crippen molar-refractivity contribution in [3.63, 3.8) is 0 Å². The molecule has 2 aromatic carbocycles. The number of aromatic nitrogens is 2. The van der Waals surface area contributed by atoms with Crippen molar-refractivity contribution in [1.82, 2.24) is 19.8 Å². The number of methoxy groups -OCH3 is 1. The summed E-state index contributed by atoms with van der Waals surface area (Å²) in [4.78, 5) is 23.3. The number of pyridine rings is 1. The maximum Gasteiger partial charge on any atom is 0.335 e. The SMILES string of the molecule is COc1ccc(CN2CCN(C#N)CC2)cc1-c1cc2c(-c3ccc(C(=O)O)cc3)ccnc2[nH]1. The van der Waals surface area contributed by atoms with Gasteiger partial charge in [0, 0.05) is 49.9 Å². The molecule has 176 valence electrons. The van der Waals surface area contributed by atoms with Crippen LogP contribution in [0.4, 0.5) is 0 Å². The van der Waals surface area contributed by atoms with Crippen LogP contribution in [0.2, 0.25) is 0 Å². The van der Waals surface area contributed by atoms with E-state index in [9.17, 15) is 9.90 Å². The van der Waals surface area contributed by atoms with Gasteiger partial charge in [-0.3, -0.25) is 4.90 Å². The molecule has 8 heteroatoms. The Kier molecular flexibility index (Phi) is 6.08. The molecule has 1 saturated heterocycles. The number of aromatic amines is 1. The summed E-state index contributed by atoms with van der Waals surface area (Å²) in [6.07, 6.45) is 3.97. The number of carboxylic acids is 1. The molecule has 1 fully saturated rings. The zero-order valence-electron chi connectivity index (χ0n) is 19.4. The molecule has 0 saturated carbocycles. The number of hydrogen-bond acceptors (Lipinski definition) is 6. The van der Waals surface area contributed by atoms with E-state index < -0.39 is 5.97 Å². The highest BCUT2D eigenvalue weighted by Crippen LogP contribution is 2.35. The Labute approximate surface area is 203 Å². The standard InChI is InChI=1S/C27H25N5O3/c1-35-25-7-2-18(16-31-10-12-32(17-28)13-11-31)14-23(25)24-15-22-21(8-9-29-26(22)30-24)19-3-5-20(6-4-19)27(33)34/h2-9,14-15H,10-13,16H2,1H3,(H,29,30)(H,33,34). The van der Waals surface area contributed by atoms with Crippen LogP contribution in [0.5, 0.6) is 5.75 Å². The van der Waals surface area contributed by atoms with Crippen molar-refractivity contribution in [1.29, 1.82) is 5.26 Å². The van der Waals surface area contributed by atoms with Crippen LogP contribution in [-0.4, -0.2) is 64.1 Å². The van der Waals surface area contributed by atoms with E-state index in [4.69, 9.17) is 10.00 Å². The highest BCUT2D eigenvalue weighted by atomic mass is 16.5. The number of carboxylic acid groups (broad SMARTS) is 1. The maximum atomic E-state index is 11.2. The van der Waals surface area contributed by atoms with Crippen molar-refractivity contribution in [2.24, 2.45) is 0 Å². The van der Waals surface area contributed by atoms with Crippen LogP contribution in [0.1, 0.15) is 15.9 Å². The molecule has 0 atom stereocenters. The Morgan fingerprint density at radius 2 is 1.86 bits per heavy atom. The third-order valence-electron chi connectivity index (χ3n) is 6.45. The minimum Gasteiger partial charge on any atom is -0.496 e. The zero-order valence-corrected chi connectivity index (χ0v) is 19.4. The molecule has 0 amide bonds. The molecule has 0 unspecified atom stereocenters. The van der Waals surface area contributed by atoms with Crippen LogP contribution < -0.4 is 4.74 Å². The number of nitrogens with zero attached hydrogens (tertiary/aromatic N) is 4. The van der Waals surface area contributed by atoms with Gasteiger partial charge in [-0.05, 0) is 53.1 Å². The van der Waals surface area contributed by atoms with Gasteiger partial charge in [-0.2, -0.15) is 5.26 Å². The fraction of sp³-hybridized carbons (Fsp3) is 0.222. The van der Waals surface area contributed by atoms with Gasteiger partial charge in [0.1, 0.15) is 11.4 Å². The molecule has 0 radical (unpaired) electrons. The van der Waals surface area contributed by atoms with Crippen LogP contribution in [-0.2, 0) is 6.54 Å². The van der Waals surface area contributed by atoms with Crippen LogP contribution in [0.15, 0.2) is 60.8 Å². The van der Waals surface area contributed by atoms with Crippen molar-refractivity contribution >= 4 is 17.0 Å². The highest BCUT2D eigenvalue weighted by Gasteiger charge is 2.18. The summed E-state index contributed by atoms with van der Waals surface area (Å²) < 4.78 is 5.67. The highest BCUT2D eigenvalue weighted by molar-refractivity contribution is 5.97. The quantitative estimate of drug-likeness (QED) is 0.409. The van der Waals surface area contributed by atoms with Gasteiger partial charge in [0.2, 0.25) is 0 Å². The largest absolute Gasteiger partial charge is 0.496 e. The van der Waals surface area contributed by atoms with E-state index >= 15 is 0 Å². The van der Waals surface area contributed by atoms with Gasteiger partial charge < -0.3 is 19.7 Å². The number of carbonyl (C=O) groups is 1. The third kappa shape index (κ3) is 4.54. The number of benzene rings is 2. The number of aromatic carboxylic acids is 1. The van der Waals surface area contributed by atoms with Gasteiger partial charge in [-0.1, -0.05) is 18.2 Å². The fourth-order valence-electron chi connectivity index (χ4n) is 4.54. The molecule has 8 nitrogen and oxygen atoms in total. The van der Waals surface area contributed by atoms with Gasteiger partial charge in [-0.15, -0.1) is 0 Å². The molecular formula is C27H25N5O3. The van der Waals surface area contributed by atoms with E-state index in [0.29, 0.717) is 0 Å². The van der Waals surface area contributed by atoms with Crippen LogP contribution in [0, 0.1) is 11.5 Å². The second-order valence-electron chi connectivity index (χ2n) is 8.58. The van der Waals surface area contributed by atoms with Gasteiger partial charge in [0.05, 0.1) is 18.4 Å². The fourth-order valence-corrected chi connectivity index (χ4v) is 4.54. The number of fused-ring (bicyclic) bond motifs is 1. The van der Waals surface area contributed by atoms with E-state index in [1.807, 2.05) is 24.3 Å².